The monoisotopic (exact) mass is 206 g/mol. The van der Waals surface area contributed by atoms with Crippen LogP contribution in [-0.2, 0) is 4.74 Å². The second-order valence-electron chi connectivity index (χ2n) is 4.52. The molecular formula is C13H18O2. The van der Waals surface area contributed by atoms with Crippen molar-refractivity contribution in [2.24, 2.45) is 0 Å². The van der Waals surface area contributed by atoms with Crippen molar-refractivity contribution in [3.8, 4) is 0 Å². The average molecular weight is 206 g/mol. The molecule has 0 aliphatic carbocycles. The van der Waals surface area contributed by atoms with Crippen molar-refractivity contribution in [2.45, 2.75) is 44.3 Å². The van der Waals surface area contributed by atoms with Gasteiger partial charge in [0.15, 0.2) is 0 Å². The summed E-state index contributed by atoms with van der Waals surface area (Å²) < 4.78 is 11.4. The van der Waals surface area contributed by atoms with E-state index in [1.54, 1.807) is 6.26 Å². The molecule has 15 heavy (non-hydrogen) atoms. The van der Waals surface area contributed by atoms with Crippen LogP contribution in [0.4, 0.5) is 0 Å². The van der Waals surface area contributed by atoms with Gasteiger partial charge in [0, 0.05) is 5.92 Å². The Balaban J connectivity index is 2.05. The van der Waals surface area contributed by atoms with E-state index in [4.69, 9.17) is 9.15 Å². The summed E-state index contributed by atoms with van der Waals surface area (Å²) in [5.74, 6) is 1.33. The molecule has 1 aliphatic heterocycles. The third kappa shape index (κ3) is 2.00. The lowest BCUT2D eigenvalue weighted by molar-refractivity contribution is -0.00798. The average Bonchev–Trinajstić information content (AvgIpc) is 2.86. The van der Waals surface area contributed by atoms with Crippen LogP contribution in [0.25, 0.3) is 0 Å². The summed E-state index contributed by atoms with van der Waals surface area (Å²) >= 11 is 0. The van der Waals surface area contributed by atoms with E-state index >= 15 is 0 Å². The van der Waals surface area contributed by atoms with Crippen LogP contribution in [0.5, 0.6) is 0 Å². The standard InChI is InChI=1S/C13H18O2/c1-4-13(3)8-7-12(15-13)10(2)11-6-5-9-14-11/h4-6,9-10,12H,1,7-8H2,2-3H3/t10?,12-,13-/m1/s1. The Morgan fingerprint density at radius 1 is 1.67 bits per heavy atom. The summed E-state index contributed by atoms with van der Waals surface area (Å²) in [5.41, 5.74) is -0.147. The fraction of sp³-hybridized carbons (Fsp3) is 0.538. The molecule has 2 nitrogen and oxygen atoms in total. The lowest BCUT2D eigenvalue weighted by Crippen LogP contribution is -2.24. The maximum atomic E-state index is 6.01. The molecule has 2 heterocycles. The molecule has 0 N–H and O–H groups in total. The van der Waals surface area contributed by atoms with Crippen molar-refractivity contribution in [3.63, 3.8) is 0 Å². The van der Waals surface area contributed by atoms with Crippen LogP contribution >= 0.6 is 0 Å². The zero-order valence-corrected chi connectivity index (χ0v) is 9.40. The van der Waals surface area contributed by atoms with Crippen LogP contribution in [-0.4, -0.2) is 11.7 Å². The van der Waals surface area contributed by atoms with Gasteiger partial charge in [0.25, 0.3) is 0 Å². The number of ether oxygens (including phenoxy) is 1. The topological polar surface area (TPSA) is 22.4 Å². The first-order valence-corrected chi connectivity index (χ1v) is 5.49. The Morgan fingerprint density at radius 3 is 3.00 bits per heavy atom. The lowest BCUT2D eigenvalue weighted by atomic mass is 9.97. The number of hydrogen-bond donors (Lipinski definition) is 0. The summed E-state index contributed by atoms with van der Waals surface area (Å²) in [6.45, 7) is 8.07. The highest BCUT2D eigenvalue weighted by molar-refractivity contribution is 5.09. The maximum absolute atomic E-state index is 6.01. The molecule has 1 unspecified atom stereocenters. The third-order valence-corrected chi connectivity index (χ3v) is 3.33. The molecule has 1 saturated heterocycles. The van der Waals surface area contributed by atoms with Gasteiger partial charge < -0.3 is 9.15 Å². The molecule has 1 aromatic rings. The zero-order chi connectivity index (χ0) is 10.9. The van der Waals surface area contributed by atoms with Gasteiger partial charge >= 0.3 is 0 Å². The first-order valence-electron chi connectivity index (χ1n) is 5.49. The van der Waals surface area contributed by atoms with Gasteiger partial charge in [-0.15, -0.1) is 6.58 Å². The minimum atomic E-state index is -0.147. The van der Waals surface area contributed by atoms with Crippen LogP contribution in [0.3, 0.4) is 0 Å². The Hall–Kier alpha value is -1.02. The minimum Gasteiger partial charge on any atom is -0.469 e. The van der Waals surface area contributed by atoms with E-state index in [0.29, 0.717) is 5.92 Å². The summed E-state index contributed by atoms with van der Waals surface area (Å²) in [6, 6.07) is 3.94. The first kappa shape index (κ1) is 10.5. The van der Waals surface area contributed by atoms with Crippen LogP contribution < -0.4 is 0 Å². The molecule has 0 bridgehead atoms. The Morgan fingerprint density at radius 2 is 2.47 bits per heavy atom. The maximum Gasteiger partial charge on any atom is 0.109 e. The van der Waals surface area contributed by atoms with E-state index in [0.717, 1.165) is 18.6 Å². The molecule has 3 atom stereocenters. The van der Waals surface area contributed by atoms with Gasteiger partial charge in [0.05, 0.1) is 18.0 Å². The summed E-state index contributed by atoms with van der Waals surface area (Å²) in [5, 5.41) is 0. The van der Waals surface area contributed by atoms with Gasteiger partial charge in [0.2, 0.25) is 0 Å². The predicted octanol–water partition coefficient (Wildman–Crippen LogP) is 3.51. The highest BCUT2D eigenvalue weighted by atomic mass is 16.5. The first-order chi connectivity index (χ1) is 7.14. The van der Waals surface area contributed by atoms with Gasteiger partial charge in [0.1, 0.15) is 5.76 Å². The van der Waals surface area contributed by atoms with Crippen molar-refractivity contribution in [3.05, 3.63) is 36.8 Å². The van der Waals surface area contributed by atoms with Crippen molar-refractivity contribution >= 4 is 0 Å². The normalized spacial score (nSPS) is 32.8. The molecule has 0 radical (unpaired) electrons. The van der Waals surface area contributed by atoms with Crippen molar-refractivity contribution < 1.29 is 9.15 Å². The van der Waals surface area contributed by atoms with Gasteiger partial charge in [-0.25, -0.2) is 0 Å². The molecule has 0 aromatic carbocycles. The lowest BCUT2D eigenvalue weighted by Gasteiger charge is -2.23. The van der Waals surface area contributed by atoms with E-state index in [1.165, 1.54) is 0 Å². The van der Waals surface area contributed by atoms with E-state index < -0.39 is 0 Å². The molecule has 2 rings (SSSR count). The zero-order valence-electron chi connectivity index (χ0n) is 9.40. The third-order valence-electron chi connectivity index (χ3n) is 3.33. The molecular weight excluding hydrogens is 188 g/mol. The van der Waals surface area contributed by atoms with Gasteiger partial charge in [-0.3, -0.25) is 0 Å². The number of rotatable bonds is 3. The van der Waals surface area contributed by atoms with Gasteiger partial charge in [-0.05, 0) is 31.9 Å². The van der Waals surface area contributed by atoms with Crippen LogP contribution in [0.2, 0.25) is 0 Å². The predicted molar refractivity (Wildman–Crippen MR) is 59.8 cm³/mol. The Bertz CT molecular complexity index is 328. The molecule has 1 aromatic heterocycles. The molecule has 82 valence electrons. The molecule has 0 spiro atoms. The Kier molecular flexibility index (Phi) is 2.70. The van der Waals surface area contributed by atoms with E-state index in [-0.39, 0.29) is 11.7 Å². The quantitative estimate of drug-likeness (QED) is 0.706. The smallest absolute Gasteiger partial charge is 0.109 e. The summed E-state index contributed by atoms with van der Waals surface area (Å²) in [4.78, 5) is 0. The minimum absolute atomic E-state index is 0.147. The van der Waals surface area contributed by atoms with E-state index in [1.807, 2.05) is 18.2 Å². The number of hydrogen-bond acceptors (Lipinski definition) is 2. The highest BCUT2D eigenvalue weighted by Crippen LogP contribution is 2.37. The molecule has 2 heteroatoms. The molecule has 0 saturated carbocycles. The van der Waals surface area contributed by atoms with Crippen LogP contribution in [0.1, 0.15) is 38.4 Å². The summed E-state index contributed by atoms with van der Waals surface area (Å²) in [7, 11) is 0. The second-order valence-corrected chi connectivity index (χ2v) is 4.52. The fourth-order valence-electron chi connectivity index (χ4n) is 2.13. The van der Waals surface area contributed by atoms with Crippen LogP contribution in [0.15, 0.2) is 35.5 Å². The van der Waals surface area contributed by atoms with Crippen LogP contribution in [0, 0.1) is 0 Å². The Labute approximate surface area is 90.9 Å². The fourth-order valence-corrected chi connectivity index (χ4v) is 2.13. The largest absolute Gasteiger partial charge is 0.469 e. The van der Waals surface area contributed by atoms with Crippen molar-refractivity contribution in [1.82, 2.24) is 0 Å². The molecule has 1 aliphatic rings. The highest BCUT2D eigenvalue weighted by Gasteiger charge is 2.37. The SMILES string of the molecule is C=C[C@]1(C)CC[C@H](C(C)c2ccco2)O1. The van der Waals surface area contributed by atoms with Crippen molar-refractivity contribution in [2.75, 3.05) is 0 Å². The summed E-state index contributed by atoms with van der Waals surface area (Å²) in [6.07, 6.45) is 5.99. The molecule has 0 amide bonds. The second kappa shape index (κ2) is 3.86. The van der Waals surface area contributed by atoms with Gasteiger partial charge in [-0.1, -0.05) is 13.0 Å². The van der Waals surface area contributed by atoms with Crippen molar-refractivity contribution in [1.29, 1.82) is 0 Å². The molecule has 1 fully saturated rings. The van der Waals surface area contributed by atoms with E-state index in [2.05, 4.69) is 20.4 Å². The van der Waals surface area contributed by atoms with Gasteiger partial charge in [-0.2, -0.15) is 0 Å². The number of furan rings is 1. The van der Waals surface area contributed by atoms with E-state index in [9.17, 15) is 0 Å².